The van der Waals surface area contributed by atoms with E-state index in [-0.39, 0.29) is 37.1 Å². The number of carbonyl (C=O) groups excluding carboxylic acids is 1. The van der Waals surface area contributed by atoms with E-state index >= 15 is 0 Å². The van der Waals surface area contributed by atoms with E-state index in [1.165, 1.54) is 0 Å². The number of carboxylic acids is 1. The van der Waals surface area contributed by atoms with Crippen LogP contribution < -0.4 is 0 Å². The summed E-state index contributed by atoms with van der Waals surface area (Å²) in [6.07, 6.45) is 5.25. The lowest BCUT2D eigenvalue weighted by Crippen LogP contribution is -2.52. The highest BCUT2D eigenvalue weighted by molar-refractivity contribution is 5.76. The van der Waals surface area contributed by atoms with Crippen LogP contribution in [0.4, 0.5) is 0 Å². The summed E-state index contributed by atoms with van der Waals surface area (Å²) in [5, 5.41) is 20.8. The van der Waals surface area contributed by atoms with Crippen LogP contribution in [0.15, 0.2) is 18.5 Å². The average molecular weight is 325 g/mol. The summed E-state index contributed by atoms with van der Waals surface area (Å²) in [5.74, 6) is -0.492. The van der Waals surface area contributed by atoms with Gasteiger partial charge in [0.2, 0.25) is 5.91 Å². The molecule has 0 radical (unpaired) electrons. The third-order valence-electron chi connectivity index (χ3n) is 4.07. The highest BCUT2D eigenvalue weighted by atomic mass is 16.5. The molecule has 1 unspecified atom stereocenters. The van der Waals surface area contributed by atoms with Gasteiger partial charge in [0.25, 0.3) is 5.97 Å². The van der Waals surface area contributed by atoms with Crippen LogP contribution in [0.2, 0.25) is 0 Å². The number of nitrogens with zero attached hydrogens (tertiary/aromatic N) is 3. The van der Waals surface area contributed by atoms with E-state index < -0.39 is 5.97 Å². The summed E-state index contributed by atoms with van der Waals surface area (Å²) in [6.45, 7) is 2.77. The van der Waals surface area contributed by atoms with Gasteiger partial charge in [-0.1, -0.05) is 0 Å². The molecule has 1 aliphatic carbocycles. The molecule has 1 amide bonds. The summed E-state index contributed by atoms with van der Waals surface area (Å²) in [4.78, 5) is 23.3. The van der Waals surface area contributed by atoms with Crippen molar-refractivity contribution in [1.29, 1.82) is 0 Å². The van der Waals surface area contributed by atoms with Crippen LogP contribution >= 0.6 is 0 Å². The van der Waals surface area contributed by atoms with Crippen LogP contribution in [-0.4, -0.2) is 68.7 Å². The molecule has 8 heteroatoms. The molecule has 2 N–H and O–H groups in total. The van der Waals surface area contributed by atoms with Crippen LogP contribution in [0.5, 0.6) is 0 Å². The Morgan fingerprint density at radius 3 is 2.74 bits per heavy atom. The Bertz CT molecular complexity index is 515. The molecule has 0 bridgehead atoms. The summed E-state index contributed by atoms with van der Waals surface area (Å²) >= 11 is 0. The SMILES string of the molecule is CC(=O)O.O=C(Cn1cccn1)N1CCOC2C[C@H](CO)C[C@@H]21. The molecule has 2 heterocycles. The molecule has 1 saturated heterocycles. The number of morpholine rings is 1. The minimum Gasteiger partial charge on any atom is -0.481 e. The molecule has 23 heavy (non-hydrogen) atoms. The molecule has 128 valence electrons. The first-order chi connectivity index (χ1) is 11.0. The number of fused-ring (bicyclic) bond motifs is 1. The standard InChI is InChI=1S/C13H19N3O3.C2H4O2/c17-9-10-6-11-12(7-10)19-5-4-16(11)13(18)8-15-3-1-2-14-15;1-2(3)4/h1-3,10-12,17H,4-9H2;1H3,(H,3,4)/t10-,11+,12?;/m1./s1. The van der Waals surface area contributed by atoms with E-state index in [0.29, 0.717) is 13.2 Å². The number of hydrogen-bond acceptors (Lipinski definition) is 5. The minimum absolute atomic E-state index is 0.0839. The molecule has 1 aliphatic heterocycles. The van der Waals surface area contributed by atoms with Crippen molar-refractivity contribution in [2.24, 2.45) is 5.92 Å². The van der Waals surface area contributed by atoms with Crippen molar-refractivity contribution in [2.75, 3.05) is 19.8 Å². The van der Waals surface area contributed by atoms with E-state index in [1.807, 2.05) is 11.0 Å². The van der Waals surface area contributed by atoms with Gasteiger partial charge in [-0.2, -0.15) is 5.10 Å². The molecular formula is C15H23N3O5. The summed E-state index contributed by atoms with van der Waals surface area (Å²) < 4.78 is 7.37. The molecule has 2 fully saturated rings. The van der Waals surface area contributed by atoms with Crippen molar-refractivity contribution in [1.82, 2.24) is 14.7 Å². The number of aliphatic hydroxyl groups excluding tert-OH is 1. The van der Waals surface area contributed by atoms with Crippen molar-refractivity contribution in [3.05, 3.63) is 18.5 Å². The lowest BCUT2D eigenvalue weighted by Gasteiger charge is -2.37. The molecule has 3 rings (SSSR count). The Morgan fingerprint density at radius 1 is 1.39 bits per heavy atom. The lowest BCUT2D eigenvalue weighted by molar-refractivity contribution is -0.144. The molecule has 0 aromatic carbocycles. The van der Waals surface area contributed by atoms with Crippen molar-refractivity contribution >= 4 is 11.9 Å². The van der Waals surface area contributed by atoms with Crippen LogP contribution in [0.25, 0.3) is 0 Å². The predicted octanol–water partition coefficient (Wildman–Crippen LogP) is -0.0277. The fourth-order valence-electron chi connectivity index (χ4n) is 3.13. The van der Waals surface area contributed by atoms with Gasteiger partial charge in [0.05, 0.1) is 18.8 Å². The Morgan fingerprint density at radius 2 is 2.13 bits per heavy atom. The number of hydrogen-bond donors (Lipinski definition) is 2. The number of ether oxygens (including phenoxy) is 1. The maximum Gasteiger partial charge on any atom is 0.300 e. The third-order valence-corrected chi connectivity index (χ3v) is 4.07. The average Bonchev–Trinajstić information content (AvgIpc) is 3.14. The summed E-state index contributed by atoms with van der Waals surface area (Å²) in [7, 11) is 0. The van der Waals surface area contributed by atoms with Gasteiger partial charge < -0.3 is 19.8 Å². The van der Waals surface area contributed by atoms with E-state index in [4.69, 9.17) is 14.6 Å². The molecule has 1 saturated carbocycles. The fraction of sp³-hybridized carbons (Fsp3) is 0.667. The first-order valence-corrected chi connectivity index (χ1v) is 7.70. The second-order valence-electron chi connectivity index (χ2n) is 5.81. The molecule has 2 aliphatic rings. The van der Waals surface area contributed by atoms with Gasteiger partial charge in [-0.3, -0.25) is 14.3 Å². The number of carbonyl (C=O) groups is 2. The van der Waals surface area contributed by atoms with Crippen LogP contribution in [0.3, 0.4) is 0 Å². The lowest BCUT2D eigenvalue weighted by atomic mass is 10.1. The Hall–Kier alpha value is -1.93. The topological polar surface area (TPSA) is 105 Å². The van der Waals surface area contributed by atoms with Crippen molar-refractivity contribution in [3.63, 3.8) is 0 Å². The molecule has 1 aromatic heterocycles. The van der Waals surface area contributed by atoms with E-state index in [1.54, 1.807) is 17.1 Å². The zero-order chi connectivity index (χ0) is 16.8. The van der Waals surface area contributed by atoms with E-state index in [2.05, 4.69) is 5.10 Å². The minimum atomic E-state index is -0.833. The number of carboxylic acid groups (broad SMARTS) is 1. The van der Waals surface area contributed by atoms with Crippen LogP contribution in [0, 0.1) is 5.92 Å². The van der Waals surface area contributed by atoms with Gasteiger partial charge in [-0.15, -0.1) is 0 Å². The molecule has 1 aromatic rings. The van der Waals surface area contributed by atoms with E-state index in [9.17, 15) is 9.90 Å². The monoisotopic (exact) mass is 325 g/mol. The fourth-order valence-corrected chi connectivity index (χ4v) is 3.13. The molecule has 0 spiro atoms. The summed E-state index contributed by atoms with van der Waals surface area (Å²) in [6, 6.07) is 1.93. The van der Waals surface area contributed by atoms with E-state index in [0.717, 1.165) is 19.8 Å². The highest BCUT2D eigenvalue weighted by Crippen LogP contribution is 2.34. The smallest absolute Gasteiger partial charge is 0.300 e. The van der Waals surface area contributed by atoms with Crippen molar-refractivity contribution < 1.29 is 24.5 Å². The second-order valence-corrected chi connectivity index (χ2v) is 5.81. The largest absolute Gasteiger partial charge is 0.481 e. The van der Waals surface area contributed by atoms with Gasteiger partial charge in [-0.25, -0.2) is 0 Å². The van der Waals surface area contributed by atoms with Gasteiger partial charge in [0.1, 0.15) is 6.54 Å². The van der Waals surface area contributed by atoms with Crippen molar-refractivity contribution in [3.8, 4) is 0 Å². The number of rotatable bonds is 3. The first kappa shape index (κ1) is 17.4. The van der Waals surface area contributed by atoms with Gasteiger partial charge in [0.15, 0.2) is 0 Å². The summed E-state index contributed by atoms with van der Waals surface area (Å²) in [5.41, 5.74) is 0. The maximum atomic E-state index is 12.4. The normalized spacial score (nSPS) is 26.2. The number of aromatic nitrogens is 2. The molecule has 3 atom stereocenters. The Balaban J connectivity index is 0.000000433. The molecule has 8 nitrogen and oxygen atoms in total. The zero-order valence-electron chi connectivity index (χ0n) is 13.2. The number of amides is 1. The van der Waals surface area contributed by atoms with Crippen molar-refractivity contribution in [2.45, 2.75) is 38.5 Å². The maximum absolute atomic E-state index is 12.4. The quantitative estimate of drug-likeness (QED) is 0.809. The van der Waals surface area contributed by atoms with Crippen LogP contribution in [0.1, 0.15) is 19.8 Å². The Kier molecular flexibility index (Phi) is 6.12. The second kappa shape index (κ2) is 8.07. The van der Waals surface area contributed by atoms with Gasteiger partial charge in [0, 0.05) is 32.5 Å². The van der Waals surface area contributed by atoms with Gasteiger partial charge >= 0.3 is 0 Å². The number of aliphatic hydroxyl groups is 1. The third kappa shape index (κ3) is 4.77. The Labute approximate surface area is 134 Å². The molecular weight excluding hydrogens is 302 g/mol. The number of aliphatic carboxylic acids is 1. The highest BCUT2D eigenvalue weighted by Gasteiger charge is 2.42. The zero-order valence-corrected chi connectivity index (χ0v) is 13.2. The van der Waals surface area contributed by atoms with Gasteiger partial charge in [-0.05, 0) is 24.8 Å². The predicted molar refractivity (Wildman–Crippen MR) is 80.6 cm³/mol. The first-order valence-electron chi connectivity index (χ1n) is 7.70. The van der Waals surface area contributed by atoms with Crippen LogP contribution in [-0.2, 0) is 20.9 Å².